The van der Waals surface area contributed by atoms with E-state index in [1.165, 1.54) is 24.6 Å². The van der Waals surface area contributed by atoms with Crippen LogP contribution in [0.4, 0.5) is 14.9 Å². The molecule has 0 aromatic heterocycles. The molecular formula is C20H22FN3O4. The minimum Gasteiger partial charge on any atom is -0.324 e. The second-order valence-electron chi connectivity index (χ2n) is 7.99. The summed E-state index contributed by atoms with van der Waals surface area (Å²) in [6, 6.07) is 4.16. The smallest absolute Gasteiger partial charge is 0.324 e. The molecular weight excluding hydrogens is 365 g/mol. The van der Waals surface area contributed by atoms with Gasteiger partial charge in [0.25, 0.3) is 0 Å². The molecule has 4 unspecified atom stereocenters. The average Bonchev–Trinajstić information content (AvgIpc) is 3.33. The monoisotopic (exact) mass is 387 g/mol. The second kappa shape index (κ2) is 7.00. The summed E-state index contributed by atoms with van der Waals surface area (Å²) in [5, 5.41) is 2.43. The highest BCUT2D eigenvalue weighted by atomic mass is 19.1. The minimum absolute atomic E-state index is 0.209. The first-order chi connectivity index (χ1) is 13.3. The van der Waals surface area contributed by atoms with Gasteiger partial charge in [-0.15, -0.1) is 0 Å². The predicted octanol–water partition coefficient (Wildman–Crippen LogP) is 2.38. The summed E-state index contributed by atoms with van der Waals surface area (Å²) in [6.45, 7) is 1.23. The lowest BCUT2D eigenvalue weighted by Crippen LogP contribution is -2.45. The molecule has 3 aliphatic rings. The van der Waals surface area contributed by atoms with Crippen LogP contribution in [0.5, 0.6) is 0 Å². The summed E-state index contributed by atoms with van der Waals surface area (Å²) in [6.07, 6.45) is 4.39. The number of hydrogen-bond acceptors (Lipinski definition) is 4. The number of carbonyl (C=O) groups excluding carboxylic acids is 4. The van der Waals surface area contributed by atoms with Crippen molar-refractivity contribution in [3.8, 4) is 0 Å². The van der Waals surface area contributed by atoms with Gasteiger partial charge in [0.15, 0.2) is 0 Å². The molecule has 2 aliphatic carbocycles. The SMILES string of the molecule is CC(C1CC2CCC1C2)N1C(=O)C(=O)N(CC(=O)Nc2cccc(F)c2)C1=O. The molecule has 1 aromatic rings. The van der Waals surface area contributed by atoms with Crippen LogP contribution in [0.3, 0.4) is 0 Å². The van der Waals surface area contributed by atoms with E-state index in [4.69, 9.17) is 0 Å². The standard InChI is InChI=1S/C20H22FN3O4/c1-11(16-8-12-5-6-13(16)7-12)24-19(27)18(26)23(20(24)28)10-17(25)22-15-4-2-3-14(21)9-15/h2-4,9,11-13,16H,5-8,10H2,1H3,(H,22,25). The fourth-order valence-corrected chi connectivity index (χ4v) is 5.01. The van der Waals surface area contributed by atoms with E-state index in [0.29, 0.717) is 16.7 Å². The molecule has 5 amide bonds. The zero-order valence-corrected chi connectivity index (χ0v) is 15.6. The van der Waals surface area contributed by atoms with Crippen molar-refractivity contribution in [2.75, 3.05) is 11.9 Å². The summed E-state index contributed by atoms with van der Waals surface area (Å²) >= 11 is 0. The first kappa shape index (κ1) is 18.6. The first-order valence-electron chi connectivity index (χ1n) is 9.59. The van der Waals surface area contributed by atoms with Crippen LogP contribution in [-0.4, -0.2) is 46.1 Å². The van der Waals surface area contributed by atoms with E-state index in [2.05, 4.69) is 5.32 Å². The maximum atomic E-state index is 13.2. The van der Waals surface area contributed by atoms with Gasteiger partial charge < -0.3 is 5.32 Å². The largest absolute Gasteiger partial charge is 0.334 e. The van der Waals surface area contributed by atoms with E-state index in [9.17, 15) is 23.6 Å². The van der Waals surface area contributed by atoms with Gasteiger partial charge in [0.1, 0.15) is 12.4 Å². The Morgan fingerprint density at radius 3 is 2.64 bits per heavy atom. The molecule has 1 aliphatic heterocycles. The van der Waals surface area contributed by atoms with E-state index in [1.54, 1.807) is 0 Å². The highest BCUT2D eigenvalue weighted by molar-refractivity contribution is 6.45. The van der Waals surface area contributed by atoms with E-state index in [-0.39, 0.29) is 17.6 Å². The van der Waals surface area contributed by atoms with Crippen molar-refractivity contribution in [2.24, 2.45) is 17.8 Å². The Bertz CT molecular complexity index is 858. The lowest BCUT2D eigenvalue weighted by molar-refractivity contribution is -0.144. The van der Waals surface area contributed by atoms with Crippen LogP contribution in [0.2, 0.25) is 0 Å². The lowest BCUT2D eigenvalue weighted by atomic mass is 9.83. The number of amides is 5. The molecule has 148 valence electrons. The molecule has 2 saturated carbocycles. The quantitative estimate of drug-likeness (QED) is 0.621. The van der Waals surface area contributed by atoms with Gasteiger partial charge in [-0.1, -0.05) is 12.5 Å². The third-order valence-corrected chi connectivity index (χ3v) is 6.31. The Kier molecular flexibility index (Phi) is 4.64. The van der Waals surface area contributed by atoms with Gasteiger partial charge >= 0.3 is 17.8 Å². The second-order valence-corrected chi connectivity index (χ2v) is 7.99. The summed E-state index contributed by atoms with van der Waals surface area (Å²) in [4.78, 5) is 51.4. The Morgan fingerprint density at radius 2 is 2.00 bits per heavy atom. The van der Waals surface area contributed by atoms with E-state index >= 15 is 0 Å². The molecule has 3 fully saturated rings. The van der Waals surface area contributed by atoms with Crippen molar-refractivity contribution in [1.29, 1.82) is 0 Å². The van der Waals surface area contributed by atoms with Crippen LogP contribution >= 0.6 is 0 Å². The maximum absolute atomic E-state index is 13.2. The van der Waals surface area contributed by atoms with Gasteiger partial charge in [-0.25, -0.2) is 14.1 Å². The molecule has 2 bridgehead atoms. The number of nitrogens with zero attached hydrogens (tertiary/aromatic N) is 2. The number of imide groups is 2. The van der Waals surface area contributed by atoms with Gasteiger partial charge in [-0.2, -0.15) is 0 Å². The normalized spacial score (nSPS) is 27.6. The number of anilines is 1. The summed E-state index contributed by atoms with van der Waals surface area (Å²) < 4.78 is 13.2. The third kappa shape index (κ3) is 3.16. The Hall–Kier alpha value is -2.77. The summed E-state index contributed by atoms with van der Waals surface area (Å²) in [7, 11) is 0. The number of nitrogens with one attached hydrogen (secondary N) is 1. The highest BCUT2D eigenvalue weighted by Crippen LogP contribution is 2.50. The predicted molar refractivity (Wildman–Crippen MR) is 97.4 cm³/mol. The molecule has 4 atom stereocenters. The number of hydrogen-bond donors (Lipinski definition) is 1. The van der Waals surface area contributed by atoms with Crippen molar-refractivity contribution in [2.45, 2.75) is 38.6 Å². The Labute approximate surface area is 161 Å². The summed E-state index contributed by atoms with van der Waals surface area (Å²) in [5.41, 5.74) is 0.211. The molecule has 8 heteroatoms. The van der Waals surface area contributed by atoms with Gasteiger partial charge in [-0.3, -0.25) is 19.3 Å². The van der Waals surface area contributed by atoms with E-state index in [0.717, 1.165) is 30.2 Å². The molecule has 0 spiro atoms. The number of carbonyl (C=O) groups is 4. The third-order valence-electron chi connectivity index (χ3n) is 6.31. The zero-order chi connectivity index (χ0) is 20.0. The molecule has 1 saturated heterocycles. The first-order valence-corrected chi connectivity index (χ1v) is 9.59. The fraction of sp³-hybridized carbons (Fsp3) is 0.500. The number of halogens is 1. The molecule has 1 aromatic carbocycles. The number of benzene rings is 1. The molecule has 1 heterocycles. The molecule has 28 heavy (non-hydrogen) atoms. The zero-order valence-electron chi connectivity index (χ0n) is 15.6. The maximum Gasteiger partial charge on any atom is 0.334 e. The fourth-order valence-electron chi connectivity index (χ4n) is 5.01. The highest BCUT2D eigenvalue weighted by Gasteiger charge is 2.52. The minimum atomic E-state index is -0.991. The van der Waals surface area contributed by atoms with Crippen LogP contribution in [0.1, 0.15) is 32.6 Å². The van der Waals surface area contributed by atoms with Crippen LogP contribution in [0.15, 0.2) is 24.3 Å². The molecule has 1 N–H and O–H groups in total. The Balaban J connectivity index is 1.44. The van der Waals surface area contributed by atoms with Gasteiger partial charge in [0, 0.05) is 11.7 Å². The van der Waals surface area contributed by atoms with E-state index < -0.39 is 36.1 Å². The molecule has 7 nitrogen and oxygen atoms in total. The van der Waals surface area contributed by atoms with Crippen LogP contribution in [-0.2, 0) is 14.4 Å². The van der Waals surface area contributed by atoms with Crippen molar-refractivity contribution in [1.82, 2.24) is 9.80 Å². The molecule has 4 rings (SSSR count). The number of urea groups is 1. The van der Waals surface area contributed by atoms with Crippen LogP contribution < -0.4 is 5.32 Å². The van der Waals surface area contributed by atoms with Gasteiger partial charge in [-0.05, 0) is 62.1 Å². The topological polar surface area (TPSA) is 86.8 Å². The van der Waals surface area contributed by atoms with Crippen molar-refractivity contribution < 1.29 is 23.6 Å². The van der Waals surface area contributed by atoms with Crippen molar-refractivity contribution in [3.05, 3.63) is 30.1 Å². The Morgan fingerprint density at radius 1 is 1.21 bits per heavy atom. The van der Waals surface area contributed by atoms with E-state index in [1.807, 2.05) is 6.92 Å². The molecule has 0 radical (unpaired) electrons. The lowest BCUT2D eigenvalue weighted by Gasteiger charge is -2.32. The summed E-state index contributed by atoms with van der Waals surface area (Å²) in [5.74, 6) is -1.72. The van der Waals surface area contributed by atoms with Crippen LogP contribution in [0, 0.1) is 23.6 Å². The van der Waals surface area contributed by atoms with Gasteiger partial charge in [0.2, 0.25) is 5.91 Å². The average molecular weight is 387 g/mol. The van der Waals surface area contributed by atoms with Crippen molar-refractivity contribution >= 4 is 29.4 Å². The number of rotatable bonds is 5. The van der Waals surface area contributed by atoms with Gasteiger partial charge in [0.05, 0.1) is 0 Å². The van der Waals surface area contributed by atoms with Crippen LogP contribution in [0.25, 0.3) is 0 Å². The number of fused-ring (bicyclic) bond motifs is 2. The van der Waals surface area contributed by atoms with Crippen molar-refractivity contribution in [3.63, 3.8) is 0 Å².